The highest BCUT2D eigenvalue weighted by Crippen LogP contribution is 2.40. The van der Waals surface area contributed by atoms with Crippen molar-refractivity contribution in [3.8, 4) is 0 Å². The van der Waals surface area contributed by atoms with Gasteiger partial charge >= 0.3 is 5.97 Å². The van der Waals surface area contributed by atoms with E-state index in [1.807, 2.05) is 0 Å². The summed E-state index contributed by atoms with van der Waals surface area (Å²) < 4.78 is 1.41. The van der Waals surface area contributed by atoms with Gasteiger partial charge in [-0.3, -0.25) is 14.5 Å². The molecule has 2 amide bonds. The van der Waals surface area contributed by atoms with Crippen molar-refractivity contribution in [3.05, 3.63) is 34.2 Å². The van der Waals surface area contributed by atoms with Gasteiger partial charge in [0.15, 0.2) is 16.7 Å². The fourth-order valence-corrected chi connectivity index (χ4v) is 5.01. The first-order chi connectivity index (χ1) is 15.3. The molecule has 1 saturated heterocycles. The van der Waals surface area contributed by atoms with Crippen LogP contribution in [0.4, 0.5) is 5.13 Å². The summed E-state index contributed by atoms with van der Waals surface area (Å²) in [5, 5.41) is 36.3. The van der Waals surface area contributed by atoms with E-state index in [-0.39, 0.29) is 22.3 Å². The van der Waals surface area contributed by atoms with Crippen LogP contribution in [0, 0.1) is 0 Å². The molecule has 4 rings (SSSR count). The van der Waals surface area contributed by atoms with Crippen molar-refractivity contribution in [1.82, 2.24) is 35.4 Å². The molecule has 4 heterocycles. The normalized spacial score (nSPS) is 21.0. The Labute approximate surface area is 187 Å². The molecular weight excluding hydrogens is 462 g/mol. The van der Waals surface area contributed by atoms with E-state index in [0.29, 0.717) is 11.4 Å². The number of nitrogens with zero attached hydrogens (tertiary/aromatic N) is 7. The first kappa shape index (κ1) is 21.4. The molecule has 14 nitrogen and oxygen atoms in total. The summed E-state index contributed by atoms with van der Waals surface area (Å²) in [6.45, 7) is 0. The molecule has 0 bridgehead atoms. The molecule has 16 heteroatoms. The molecule has 0 aromatic carbocycles. The Kier molecular flexibility index (Phi) is 5.62. The monoisotopic (exact) mass is 477 g/mol. The molecule has 32 heavy (non-hydrogen) atoms. The van der Waals surface area contributed by atoms with E-state index < -0.39 is 34.9 Å². The number of rotatable bonds is 6. The molecule has 166 valence electrons. The topological polar surface area (TPSA) is 202 Å². The summed E-state index contributed by atoms with van der Waals surface area (Å²) in [4.78, 5) is 42.2. The van der Waals surface area contributed by atoms with E-state index in [0.717, 1.165) is 16.2 Å². The number of hydrogen-bond acceptors (Lipinski definition) is 12. The summed E-state index contributed by atoms with van der Waals surface area (Å²) in [6, 6.07) is -0.997. The zero-order valence-corrected chi connectivity index (χ0v) is 17.9. The Morgan fingerprint density at radius 1 is 1.41 bits per heavy atom. The minimum absolute atomic E-state index is 0.0595. The predicted molar refractivity (Wildman–Crippen MR) is 112 cm³/mol. The number of β-lactam (4-membered cyclic amide) rings is 1. The Morgan fingerprint density at radius 2 is 2.19 bits per heavy atom. The molecule has 0 aliphatic carbocycles. The number of carbonyl (C=O) groups is 3. The number of oxime groups is 1. The SMILES string of the molecule is Cn1nnnc1C=CC1=C(C(=O)O)N2C(=O)C(NC(=O)C(=NO)c3csc(N)n3)[C@@H]2SC1. The fourth-order valence-electron chi connectivity index (χ4n) is 3.14. The zero-order chi connectivity index (χ0) is 23.0. The van der Waals surface area contributed by atoms with Gasteiger partial charge < -0.3 is 21.4 Å². The maximum absolute atomic E-state index is 12.7. The molecule has 2 aliphatic heterocycles. The summed E-state index contributed by atoms with van der Waals surface area (Å²) in [5.74, 6) is -2.03. The molecule has 0 saturated carbocycles. The van der Waals surface area contributed by atoms with E-state index in [1.54, 1.807) is 19.2 Å². The van der Waals surface area contributed by atoms with E-state index in [4.69, 9.17) is 5.73 Å². The Morgan fingerprint density at radius 3 is 2.78 bits per heavy atom. The Hall–Kier alpha value is -3.79. The lowest BCUT2D eigenvalue weighted by molar-refractivity contribution is -0.150. The highest BCUT2D eigenvalue weighted by Gasteiger charge is 2.54. The maximum Gasteiger partial charge on any atom is 0.352 e. The molecule has 1 unspecified atom stereocenters. The second kappa shape index (κ2) is 8.39. The van der Waals surface area contributed by atoms with Crippen LogP contribution < -0.4 is 11.1 Å². The number of anilines is 1. The predicted octanol–water partition coefficient (Wildman–Crippen LogP) is -1.12. The number of nitrogen functional groups attached to an aromatic ring is 1. The van der Waals surface area contributed by atoms with E-state index in [1.165, 1.54) is 21.8 Å². The van der Waals surface area contributed by atoms with E-state index >= 15 is 0 Å². The Balaban J connectivity index is 1.53. The average molecular weight is 477 g/mol. The molecular formula is C16H15N9O5S2. The number of aliphatic carboxylic acids is 1. The van der Waals surface area contributed by atoms with Gasteiger partial charge in [0, 0.05) is 18.2 Å². The lowest BCUT2D eigenvalue weighted by Gasteiger charge is -2.49. The van der Waals surface area contributed by atoms with Crippen LogP contribution in [0.5, 0.6) is 0 Å². The molecule has 2 atom stereocenters. The van der Waals surface area contributed by atoms with Gasteiger partial charge in [-0.1, -0.05) is 11.2 Å². The molecule has 5 N–H and O–H groups in total. The van der Waals surface area contributed by atoms with E-state index in [9.17, 15) is 24.7 Å². The first-order valence-corrected chi connectivity index (χ1v) is 10.8. The highest BCUT2D eigenvalue weighted by molar-refractivity contribution is 8.00. The number of allylic oxidation sites excluding steroid dienone is 1. The number of carboxylic acid groups (broad SMARTS) is 1. The van der Waals surface area contributed by atoms with Gasteiger partial charge in [-0.25, -0.2) is 14.5 Å². The second-order valence-corrected chi connectivity index (χ2v) is 8.55. The van der Waals surface area contributed by atoms with E-state index in [2.05, 4.69) is 31.0 Å². The number of hydrogen-bond donors (Lipinski definition) is 4. The van der Waals surface area contributed by atoms with Crippen molar-refractivity contribution in [2.45, 2.75) is 11.4 Å². The zero-order valence-electron chi connectivity index (χ0n) is 16.2. The number of aryl methyl sites for hydroxylation is 1. The van der Waals surface area contributed by atoms with Crippen molar-refractivity contribution in [2.75, 3.05) is 11.5 Å². The van der Waals surface area contributed by atoms with Gasteiger partial charge in [0.05, 0.1) is 0 Å². The minimum Gasteiger partial charge on any atom is -0.477 e. The van der Waals surface area contributed by atoms with Gasteiger partial charge in [-0.15, -0.1) is 28.2 Å². The molecule has 2 aromatic rings. The second-order valence-electron chi connectivity index (χ2n) is 6.55. The maximum atomic E-state index is 12.7. The molecule has 1 fully saturated rings. The number of aromatic nitrogens is 5. The summed E-state index contributed by atoms with van der Waals surface area (Å²) in [6.07, 6.45) is 3.09. The number of thiazole rings is 1. The van der Waals surface area contributed by atoms with Crippen LogP contribution in [-0.2, 0) is 21.4 Å². The Bertz CT molecular complexity index is 1200. The van der Waals surface area contributed by atoms with Gasteiger partial charge in [-0.2, -0.15) is 0 Å². The summed E-state index contributed by atoms with van der Waals surface area (Å²) >= 11 is 2.34. The number of thioether (sulfide) groups is 1. The third-order valence-electron chi connectivity index (χ3n) is 4.65. The smallest absolute Gasteiger partial charge is 0.352 e. The lowest BCUT2D eigenvalue weighted by atomic mass is 10.0. The van der Waals surface area contributed by atoms with Crippen molar-refractivity contribution in [3.63, 3.8) is 0 Å². The molecule has 0 radical (unpaired) electrons. The van der Waals surface area contributed by atoms with Crippen molar-refractivity contribution >= 4 is 57.8 Å². The van der Waals surface area contributed by atoms with Crippen LogP contribution in [0.1, 0.15) is 11.5 Å². The van der Waals surface area contributed by atoms with Gasteiger partial charge in [0.25, 0.3) is 11.8 Å². The first-order valence-electron chi connectivity index (χ1n) is 8.87. The largest absolute Gasteiger partial charge is 0.477 e. The number of carboxylic acids is 1. The number of amides is 2. The van der Waals surface area contributed by atoms with Gasteiger partial charge in [-0.05, 0) is 22.1 Å². The number of fused-ring (bicyclic) bond motifs is 1. The number of carbonyl (C=O) groups excluding carboxylic acids is 2. The lowest BCUT2D eigenvalue weighted by Crippen LogP contribution is -2.71. The molecule has 2 aromatic heterocycles. The van der Waals surface area contributed by atoms with Crippen molar-refractivity contribution in [2.24, 2.45) is 12.2 Å². The minimum atomic E-state index is -1.28. The number of nitrogens with one attached hydrogen (secondary N) is 1. The van der Waals surface area contributed by atoms with Crippen LogP contribution in [0.2, 0.25) is 0 Å². The van der Waals surface area contributed by atoms with Gasteiger partial charge in [0.1, 0.15) is 22.8 Å². The summed E-state index contributed by atoms with van der Waals surface area (Å²) in [5.41, 5.74) is 5.41. The third-order valence-corrected chi connectivity index (χ3v) is 6.63. The average Bonchev–Trinajstić information content (AvgIpc) is 3.37. The third kappa shape index (κ3) is 3.69. The van der Waals surface area contributed by atoms with Crippen molar-refractivity contribution in [1.29, 1.82) is 0 Å². The van der Waals surface area contributed by atoms with Crippen LogP contribution >= 0.6 is 23.1 Å². The van der Waals surface area contributed by atoms with Crippen LogP contribution in [0.15, 0.2) is 27.9 Å². The molecule has 2 aliphatic rings. The standard InChI is InChI=1S/C16H15N9O5S2/c1-24-8(20-22-23-24)3-2-6-4-31-14-10(13(27)25(14)11(6)15(28)29)19-12(26)9(21-30)7-5-32-16(17)18-7/h2-3,5,10,14,30H,4H2,1H3,(H2,17,18)(H,19,26)(H,28,29)/t10?,14-/m0/s1. The van der Waals surface area contributed by atoms with Gasteiger partial charge in [0.2, 0.25) is 0 Å². The molecule has 0 spiro atoms. The summed E-state index contributed by atoms with van der Waals surface area (Å²) in [7, 11) is 1.63. The highest BCUT2D eigenvalue weighted by atomic mass is 32.2. The quantitative estimate of drug-likeness (QED) is 0.170. The van der Waals surface area contributed by atoms with Crippen LogP contribution in [-0.4, -0.2) is 81.1 Å². The van der Waals surface area contributed by atoms with Crippen LogP contribution in [0.3, 0.4) is 0 Å². The number of tetrazole rings is 1. The van der Waals surface area contributed by atoms with Crippen LogP contribution in [0.25, 0.3) is 6.08 Å². The fraction of sp³-hybridized carbons (Fsp3) is 0.250. The number of nitrogens with two attached hydrogens (primary N) is 1. The van der Waals surface area contributed by atoms with Crippen molar-refractivity contribution < 1.29 is 24.7 Å².